The molecule has 0 fully saturated rings. The summed E-state index contributed by atoms with van der Waals surface area (Å²) in [6, 6.07) is 29.8. The lowest BCUT2D eigenvalue weighted by atomic mass is 10.1. The van der Waals surface area contributed by atoms with E-state index in [1.807, 2.05) is 72.8 Å². The molecule has 0 radical (unpaired) electrons. The van der Waals surface area contributed by atoms with E-state index in [0.717, 1.165) is 27.7 Å². The summed E-state index contributed by atoms with van der Waals surface area (Å²) in [6.07, 6.45) is 0.330. The molecule has 4 aromatic rings. The van der Waals surface area contributed by atoms with Gasteiger partial charge < -0.3 is 4.74 Å². The van der Waals surface area contributed by atoms with Gasteiger partial charge in [-0.1, -0.05) is 78.9 Å². The number of aromatic nitrogens is 1. The number of carbonyl (C=O) groups excluding carboxylic acids is 1. The molecule has 26 heavy (non-hydrogen) atoms. The Morgan fingerprint density at radius 2 is 1.38 bits per heavy atom. The minimum absolute atomic E-state index is 0.261. The first kappa shape index (κ1) is 16.2. The highest BCUT2D eigenvalue weighted by atomic mass is 16.5. The lowest BCUT2D eigenvalue weighted by molar-refractivity contribution is 0.142. The second-order valence-electron chi connectivity index (χ2n) is 6.23. The summed E-state index contributed by atoms with van der Waals surface area (Å²) in [7, 11) is 0. The first-order valence-corrected chi connectivity index (χ1v) is 8.65. The highest BCUT2D eigenvalue weighted by Crippen LogP contribution is 2.23. The van der Waals surface area contributed by atoms with E-state index < -0.39 is 0 Å². The molecule has 0 saturated carbocycles. The molecule has 0 saturated heterocycles. The van der Waals surface area contributed by atoms with Gasteiger partial charge in [-0.25, -0.2) is 9.36 Å². The van der Waals surface area contributed by atoms with E-state index in [0.29, 0.717) is 6.42 Å². The van der Waals surface area contributed by atoms with Crippen LogP contribution in [-0.4, -0.2) is 10.7 Å². The fraction of sp³-hybridized carbons (Fsp3) is 0.0870. The van der Waals surface area contributed by atoms with Crippen LogP contribution in [0.1, 0.15) is 16.8 Å². The Balaban J connectivity index is 1.65. The van der Waals surface area contributed by atoms with Crippen molar-refractivity contribution in [1.29, 1.82) is 0 Å². The van der Waals surface area contributed by atoms with Gasteiger partial charge in [-0.2, -0.15) is 0 Å². The van der Waals surface area contributed by atoms with Crippen LogP contribution in [0.2, 0.25) is 0 Å². The van der Waals surface area contributed by atoms with Gasteiger partial charge in [-0.15, -0.1) is 0 Å². The molecule has 0 bridgehead atoms. The lowest BCUT2D eigenvalue weighted by Gasteiger charge is -2.11. The molecule has 0 atom stereocenters. The van der Waals surface area contributed by atoms with E-state index in [-0.39, 0.29) is 12.7 Å². The van der Waals surface area contributed by atoms with Crippen molar-refractivity contribution >= 4 is 17.0 Å². The summed E-state index contributed by atoms with van der Waals surface area (Å²) < 4.78 is 7.27. The van der Waals surface area contributed by atoms with Gasteiger partial charge in [0.1, 0.15) is 6.61 Å². The fourth-order valence-corrected chi connectivity index (χ4v) is 3.15. The average Bonchev–Trinajstić information content (AvgIpc) is 3.05. The van der Waals surface area contributed by atoms with E-state index in [9.17, 15) is 4.79 Å². The van der Waals surface area contributed by atoms with Crippen molar-refractivity contribution in [3.8, 4) is 0 Å². The van der Waals surface area contributed by atoms with Crippen molar-refractivity contribution in [2.24, 2.45) is 0 Å². The molecule has 1 heterocycles. The highest BCUT2D eigenvalue weighted by molar-refractivity contribution is 5.91. The topological polar surface area (TPSA) is 31.2 Å². The van der Waals surface area contributed by atoms with Crippen molar-refractivity contribution < 1.29 is 9.53 Å². The molecule has 4 rings (SSSR count). The molecule has 0 N–H and O–H groups in total. The predicted molar refractivity (Wildman–Crippen MR) is 103 cm³/mol. The standard InChI is InChI=1S/C23H19NO2/c25-23(26-17-19-11-5-2-6-12-19)24-21(15-18-9-3-1-4-10-18)16-20-13-7-8-14-22(20)24/h1-14,16H,15,17H2. The van der Waals surface area contributed by atoms with Gasteiger partial charge in [0.25, 0.3) is 0 Å². The van der Waals surface area contributed by atoms with Gasteiger partial charge in [0.2, 0.25) is 0 Å². The zero-order valence-electron chi connectivity index (χ0n) is 14.3. The molecular formula is C23H19NO2. The fourth-order valence-electron chi connectivity index (χ4n) is 3.15. The molecule has 3 nitrogen and oxygen atoms in total. The van der Waals surface area contributed by atoms with Crippen LogP contribution in [0, 0.1) is 0 Å². The lowest BCUT2D eigenvalue weighted by Crippen LogP contribution is -2.16. The van der Waals surface area contributed by atoms with Gasteiger partial charge in [0, 0.05) is 17.5 Å². The average molecular weight is 341 g/mol. The van der Waals surface area contributed by atoms with Crippen LogP contribution in [0.4, 0.5) is 4.79 Å². The number of rotatable bonds is 4. The third-order valence-corrected chi connectivity index (χ3v) is 4.40. The molecule has 128 valence electrons. The van der Waals surface area contributed by atoms with Crippen LogP contribution >= 0.6 is 0 Å². The third-order valence-electron chi connectivity index (χ3n) is 4.40. The molecule has 1 aromatic heterocycles. The van der Waals surface area contributed by atoms with Crippen LogP contribution in [-0.2, 0) is 17.8 Å². The van der Waals surface area contributed by atoms with Gasteiger partial charge in [-0.05, 0) is 23.3 Å². The van der Waals surface area contributed by atoms with E-state index in [1.54, 1.807) is 4.57 Å². The molecule has 3 aromatic carbocycles. The molecule has 0 aliphatic rings. The first-order chi connectivity index (χ1) is 12.8. The van der Waals surface area contributed by atoms with Crippen molar-refractivity contribution in [2.75, 3.05) is 0 Å². The minimum atomic E-state index is -0.346. The number of fused-ring (bicyclic) bond motifs is 1. The van der Waals surface area contributed by atoms with E-state index in [2.05, 4.69) is 18.2 Å². The zero-order chi connectivity index (χ0) is 17.8. The monoisotopic (exact) mass is 341 g/mol. The number of benzene rings is 3. The summed E-state index contributed by atoms with van der Waals surface area (Å²) in [6.45, 7) is 0.261. The zero-order valence-corrected chi connectivity index (χ0v) is 14.3. The van der Waals surface area contributed by atoms with Gasteiger partial charge >= 0.3 is 6.09 Å². The summed E-state index contributed by atoms with van der Waals surface area (Å²) in [4.78, 5) is 12.8. The first-order valence-electron chi connectivity index (χ1n) is 8.65. The quantitative estimate of drug-likeness (QED) is 0.496. The van der Waals surface area contributed by atoms with E-state index in [4.69, 9.17) is 4.74 Å². The number of hydrogen-bond donors (Lipinski definition) is 0. The van der Waals surface area contributed by atoms with Crippen LogP contribution in [0.5, 0.6) is 0 Å². The van der Waals surface area contributed by atoms with Crippen LogP contribution in [0.15, 0.2) is 91.0 Å². The molecule has 0 aliphatic heterocycles. The van der Waals surface area contributed by atoms with Crippen molar-refractivity contribution in [2.45, 2.75) is 13.0 Å². The third kappa shape index (κ3) is 3.38. The van der Waals surface area contributed by atoms with Gasteiger partial charge in [0.15, 0.2) is 0 Å². The largest absolute Gasteiger partial charge is 0.444 e. The number of carbonyl (C=O) groups is 1. The number of para-hydroxylation sites is 1. The Hall–Kier alpha value is -3.33. The smallest absolute Gasteiger partial charge is 0.419 e. The van der Waals surface area contributed by atoms with Crippen LogP contribution < -0.4 is 0 Å². The van der Waals surface area contributed by atoms with Gasteiger partial charge in [-0.3, -0.25) is 0 Å². The maximum absolute atomic E-state index is 12.8. The molecule has 0 spiro atoms. The van der Waals surface area contributed by atoms with Gasteiger partial charge in [0.05, 0.1) is 5.52 Å². The predicted octanol–water partition coefficient (Wildman–Crippen LogP) is 5.42. The van der Waals surface area contributed by atoms with Crippen molar-refractivity contribution in [1.82, 2.24) is 4.57 Å². The molecule has 0 amide bonds. The molecule has 3 heteroatoms. The highest BCUT2D eigenvalue weighted by Gasteiger charge is 2.16. The second-order valence-corrected chi connectivity index (χ2v) is 6.23. The SMILES string of the molecule is O=C(OCc1ccccc1)n1c(Cc2ccccc2)cc2ccccc21. The summed E-state index contributed by atoms with van der Waals surface area (Å²) in [5.41, 5.74) is 3.93. The maximum Gasteiger partial charge on any atom is 0.419 e. The summed E-state index contributed by atoms with van der Waals surface area (Å²) in [5, 5.41) is 1.04. The second kappa shape index (κ2) is 7.28. The van der Waals surface area contributed by atoms with E-state index >= 15 is 0 Å². The van der Waals surface area contributed by atoms with Crippen LogP contribution in [0.25, 0.3) is 10.9 Å². The maximum atomic E-state index is 12.8. The Morgan fingerprint density at radius 3 is 2.12 bits per heavy atom. The number of ether oxygens (including phenoxy) is 1. The molecule has 0 aliphatic carbocycles. The molecule has 0 unspecified atom stereocenters. The van der Waals surface area contributed by atoms with Crippen LogP contribution in [0.3, 0.4) is 0 Å². The normalized spacial score (nSPS) is 10.8. The Bertz CT molecular complexity index is 1020. The Labute approximate surface area is 152 Å². The van der Waals surface area contributed by atoms with Crippen molar-refractivity contribution in [3.05, 3.63) is 108 Å². The number of hydrogen-bond acceptors (Lipinski definition) is 2. The van der Waals surface area contributed by atoms with Crippen molar-refractivity contribution in [3.63, 3.8) is 0 Å². The Morgan fingerprint density at radius 1 is 0.769 bits per heavy atom. The summed E-state index contributed by atoms with van der Waals surface area (Å²) >= 11 is 0. The summed E-state index contributed by atoms with van der Waals surface area (Å²) in [5.74, 6) is 0. The number of nitrogens with zero attached hydrogens (tertiary/aromatic N) is 1. The minimum Gasteiger partial charge on any atom is -0.444 e. The molecular weight excluding hydrogens is 322 g/mol. The Kier molecular flexibility index (Phi) is 4.52. The van der Waals surface area contributed by atoms with E-state index in [1.165, 1.54) is 0 Å².